The van der Waals surface area contributed by atoms with Crippen LogP contribution in [0.4, 0.5) is 0 Å². The van der Waals surface area contributed by atoms with Crippen LogP contribution in [0.1, 0.15) is 20.7 Å². The number of carbonyl (C=O) groups excluding carboxylic acids is 2. The quantitative estimate of drug-likeness (QED) is 0.625. The number of esters is 1. The van der Waals surface area contributed by atoms with E-state index in [1.807, 2.05) is 0 Å². The fourth-order valence-corrected chi connectivity index (χ4v) is 2.83. The standard InChI is InChI=1S/C16H14ClNO5S/c1-18-24(21,22)14-7-3-5-12(9-14)16(20)23-10-15(19)11-4-2-6-13(17)8-11/h2-9,18H,10H2,1H3. The van der Waals surface area contributed by atoms with E-state index in [0.717, 1.165) is 0 Å². The Kier molecular flexibility index (Phi) is 5.71. The van der Waals surface area contributed by atoms with Gasteiger partial charge in [-0.05, 0) is 37.4 Å². The van der Waals surface area contributed by atoms with E-state index in [1.54, 1.807) is 18.2 Å². The maximum Gasteiger partial charge on any atom is 0.338 e. The molecule has 0 bridgehead atoms. The number of carbonyl (C=O) groups is 2. The summed E-state index contributed by atoms with van der Waals surface area (Å²) in [4.78, 5) is 23.9. The second kappa shape index (κ2) is 7.57. The zero-order chi connectivity index (χ0) is 17.7. The van der Waals surface area contributed by atoms with Gasteiger partial charge in [0, 0.05) is 10.6 Å². The molecule has 0 saturated carbocycles. The van der Waals surface area contributed by atoms with E-state index < -0.39 is 28.4 Å². The van der Waals surface area contributed by atoms with E-state index in [4.69, 9.17) is 16.3 Å². The summed E-state index contributed by atoms with van der Waals surface area (Å²) in [6.45, 7) is -0.470. The number of rotatable bonds is 6. The molecule has 2 aromatic rings. The Morgan fingerprint density at radius 3 is 2.42 bits per heavy atom. The molecule has 2 aromatic carbocycles. The van der Waals surface area contributed by atoms with Gasteiger partial charge in [0.15, 0.2) is 12.4 Å². The Hall–Kier alpha value is -2.22. The van der Waals surface area contributed by atoms with Gasteiger partial charge >= 0.3 is 5.97 Å². The minimum Gasteiger partial charge on any atom is -0.454 e. The van der Waals surface area contributed by atoms with Crippen molar-refractivity contribution in [3.63, 3.8) is 0 Å². The number of ether oxygens (including phenoxy) is 1. The SMILES string of the molecule is CNS(=O)(=O)c1cccc(C(=O)OCC(=O)c2cccc(Cl)c2)c1. The van der Waals surface area contributed by atoms with Crippen LogP contribution in [0, 0.1) is 0 Å². The summed E-state index contributed by atoms with van der Waals surface area (Å²) in [7, 11) is -2.40. The molecule has 0 aliphatic heterocycles. The summed E-state index contributed by atoms with van der Waals surface area (Å²) >= 11 is 5.80. The van der Waals surface area contributed by atoms with Gasteiger partial charge in [0.05, 0.1) is 10.5 Å². The fourth-order valence-electron chi connectivity index (χ4n) is 1.87. The predicted octanol–water partition coefficient (Wildman–Crippen LogP) is 2.29. The molecule has 0 unspecified atom stereocenters. The lowest BCUT2D eigenvalue weighted by Crippen LogP contribution is -2.19. The first-order chi connectivity index (χ1) is 11.3. The van der Waals surface area contributed by atoms with Crippen LogP contribution in [0.2, 0.25) is 5.02 Å². The van der Waals surface area contributed by atoms with Crippen LogP contribution in [0.25, 0.3) is 0 Å². The van der Waals surface area contributed by atoms with Crippen molar-refractivity contribution in [1.82, 2.24) is 4.72 Å². The number of benzene rings is 2. The Balaban J connectivity index is 2.08. The smallest absolute Gasteiger partial charge is 0.338 e. The van der Waals surface area contributed by atoms with Gasteiger partial charge in [-0.25, -0.2) is 17.9 Å². The van der Waals surface area contributed by atoms with Crippen LogP contribution in [0.3, 0.4) is 0 Å². The average Bonchev–Trinajstić information content (AvgIpc) is 2.59. The van der Waals surface area contributed by atoms with Crippen LogP contribution in [0.5, 0.6) is 0 Å². The van der Waals surface area contributed by atoms with E-state index >= 15 is 0 Å². The van der Waals surface area contributed by atoms with Crippen LogP contribution in [-0.4, -0.2) is 33.8 Å². The van der Waals surface area contributed by atoms with Gasteiger partial charge in [-0.2, -0.15) is 0 Å². The first-order valence-corrected chi connectivity index (χ1v) is 8.69. The molecule has 1 N–H and O–H groups in total. The average molecular weight is 368 g/mol. The molecule has 0 radical (unpaired) electrons. The lowest BCUT2D eigenvalue weighted by Gasteiger charge is -2.07. The summed E-state index contributed by atoms with van der Waals surface area (Å²) < 4.78 is 30.6. The van der Waals surface area contributed by atoms with E-state index in [0.29, 0.717) is 10.6 Å². The lowest BCUT2D eigenvalue weighted by atomic mass is 10.1. The van der Waals surface area contributed by atoms with Gasteiger partial charge in [0.1, 0.15) is 0 Å². The second-order valence-electron chi connectivity index (χ2n) is 4.75. The highest BCUT2D eigenvalue weighted by Gasteiger charge is 2.16. The number of hydrogen-bond donors (Lipinski definition) is 1. The van der Waals surface area contributed by atoms with Crippen molar-refractivity contribution in [2.75, 3.05) is 13.7 Å². The normalized spacial score (nSPS) is 11.1. The van der Waals surface area contributed by atoms with Gasteiger partial charge < -0.3 is 4.74 Å². The van der Waals surface area contributed by atoms with E-state index in [-0.39, 0.29) is 10.5 Å². The molecule has 0 fully saturated rings. The Morgan fingerprint density at radius 1 is 1.08 bits per heavy atom. The van der Waals surface area contributed by atoms with E-state index in [1.165, 1.54) is 37.4 Å². The van der Waals surface area contributed by atoms with Gasteiger partial charge in [-0.1, -0.05) is 29.8 Å². The third-order valence-corrected chi connectivity index (χ3v) is 4.78. The molecular weight excluding hydrogens is 354 g/mol. The predicted molar refractivity (Wildman–Crippen MR) is 88.8 cm³/mol. The summed E-state index contributed by atoms with van der Waals surface area (Å²) in [5.74, 6) is -1.21. The molecule has 0 atom stereocenters. The van der Waals surface area contributed by atoms with Crippen LogP contribution in [-0.2, 0) is 14.8 Å². The Labute approximate surface area is 144 Å². The molecule has 24 heavy (non-hydrogen) atoms. The molecule has 6 nitrogen and oxygen atoms in total. The number of hydrogen-bond acceptors (Lipinski definition) is 5. The first kappa shape index (κ1) is 18.1. The molecular formula is C16H14ClNO5S. The van der Waals surface area contributed by atoms with Crippen molar-refractivity contribution in [2.24, 2.45) is 0 Å². The molecule has 0 saturated heterocycles. The molecule has 0 spiro atoms. The van der Waals surface area contributed by atoms with Gasteiger partial charge in [0.25, 0.3) is 0 Å². The Morgan fingerprint density at radius 2 is 1.75 bits per heavy atom. The number of ketones is 1. The van der Waals surface area contributed by atoms with Gasteiger partial charge in [-0.15, -0.1) is 0 Å². The zero-order valence-corrected chi connectivity index (χ0v) is 14.2. The molecule has 0 aromatic heterocycles. The highest BCUT2D eigenvalue weighted by molar-refractivity contribution is 7.89. The summed E-state index contributed by atoms with van der Waals surface area (Å²) in [5, 5.41) is 0.400. The van der Waals surface area contributed by atoms with Gasteiger partial charge in [-0.3, -0.25) is 4.79 Å². The number of sulfonamides is 1. The maximum atomic E-state index is 12.0. The number of Topliss-reactive ketones (excluding diaryl/α,β-unsaturated/α-hetero) is 1. The molecule has 126 valence electrons. The largest absolute Gasteiger partial charge is 0.454 e. The zero-order valence-electron chi connectivity index (χ0n) is 12.7. The van der Waals surface area contributed by atoms with Gasteiger partial charge in [0.2, 0.25) is 10.0 Å². The van der Waals surface area contributed by atoms with Crippen molar-refractivity contribution in [2.45, 2.75) is 4.90 Å². The summed E-state index contributed by atoms with van der Waals surface area (Å²) in [5.41, 5.74) is 0.354. The van der Waals surface area contributed by atoms with Crippen molar-refractivity contribution in [3.8, 4) is 0 Å². The monoisotopic (exact) mass is 367 g/mol. The highest BCUT2D eigenvalue weighted by Crippen LogP contribution is 2.14. The number of nitrogens with one attached hydrogen (secondary N) is 1. The van der Waals surface area contributed by atoms with Crippen molar-refractivity contribution < 1.29 is 22.7 Å². The van der Waals surface area contributed by atoms with Crippen LogP contribution in [0.15, 0.2) is 53.4 Å². The van der Waals surface area contributed by atoms with E-state index in [2.05, 4.69) is 4.72 Å². The fraction of sp³-hybridized carbons (Fsp3) is 0.125. The first-order valence-electron chi connectivity index (χ1n) is 6.83. The molecule has 8 heteroatoms. The minimum absolute atomic E-state index is 0.0326. The lowest BCUT2D eigenvalue weighted by molar-refractivity contribution is 0.0474. The van der Waals surface area contributed by atoms with Crippen molar-refractivity contribution in [3.05, 3.63) is 64.7 Å². The third-order valence-electron chi connectivity index (χ3n) is 3.13. The third kappa shape index (κ3) is 4.41. The number of halogens is 1. The molecule has 2 rings (SSSR count). The summed E-state index contributed by atoms with van der Waals surface area (Å²) in [6, 6.07) is 11.6. The molecule has 0 heterocycles. The Bertz CT molecular complexity index is 880. The van der Waals surface area contributed by atoms with Crippen molar-refractivity contribution in [1.29, 1.82) is 0 Å². The second-order valence-corrected chi connectivity index (χ2v) is 7.07. The minimum atomic E-state index is -3.67. The molecule has 0 aliphatic carbocycles. The van der Waals surface area contributed by atoms with Crippen molar-refractivity contribution >= 4 is 33.4 Å². The molecule has 0 aliphatic rings. The highest BCUT2D eigenvalue weighted by atomic mass is 35.5. The maximum absolute atomic E-state index is 12.0. The van der Waals surface area contributed by atoms with E-state index in [9.17, 15) is 18.0 Å². The molecule has 0 amide bonds. The topological polar surface area (TPSA) is 89.5 Å². The van der Waals surface area contributed by atoms with Crippen LogP contribution < -0.4 is 4.72 Å². The van der Waals surface area contributed by atoms with Crippen LogP contribution >= 0.6 is 11.6 Å². The summed E-state index contributed by atoms with van der Waals surface area (Å²) in [6.07, 6.45) is 0.